The van der Waals surface area contributed by atoms with Crippen molar-refractivity contribution in [2.45, 2.75) is 56.3 Å². The summed E-state index contributed by atoms with van der Waals surface area (Å²) in [5.41, 5.74) is 9.58. The summed E-state index contributed by atoms with van der Waals surface area (Å²) < 4.78 is 0. The molecule has 3 aromatic heterocycles. The van der Waals surface area contributed by atoms with Crippen LogP contribution >= 0.6 is 0 Å². The number of carbonyl (C=O) groups excluding carboxylic acids is 3. The molecule has 0 saturated heterocycles. The van der Waals surface area contributed by atoms with Gasteiger partial charge in [0.2, 0.25) is 17.7 Å². The zero-order valence-electron chi connectivity index (χ0n) is 25.7. The number of amides is 3. The van der Waals surface area contributed by atoms with Crippen LogP contribution in [0.25, 0.3) is 21.8 Å². The van der Waals surface area contributed by atoms with Crippen LogP contribution in [-0.2, 0) is 43.2 Å². The molecule has 4 atom stereocenters. The molecule has 2 aromatic carbocycles. The number of benzene rings is 2. The lowest BCUT2D eigenvalue weighted by molar-refractivity contribution is -0.142. The molecule has 15 nitrogen and oxygen atoms in total. The number of fused-ring (bicyclic) bond motifs is 2. The number of nitrogens with two attached hydrogens (primary N) is 1. The van der Waals surface area contributed by atoms with E-state index in [0.29, 0.717) is 16.8 Å². The number of H-pyrrole nitrogens is 3. The third-order valence-corrected chi connectivity index (χ3v) is 8.06. The van der Waals surface area contributed by atoms with Crippen LogP contribution in [0.1, 0.15) is 29.7 Å². The smallest absolute Gasteiger partial charge is 0.326 e. The molecule has 0 aliphatic rings. The molecule has 3 heterocycles. The number of rotatable bonds is 16. The second-order valence-electron chi connectivity index (χ2n) is 11.5. The van der Waals surface area contributed by atoms with Gasteiger partial charge in [0.1, 0.15) is 18.1 Å². The molecule has 0 radical (unpaired) electrons. The van der Waals surface area contributed by atoms with Crippen molar-refractivity contribution in [2.75, 3.05) is 0 Å². The standard InChI is InChI=1S/C33H36N8O7/c34-23(13-20-16-35-17-38-20)30(44)39-26(9-10-29(42)43)31(45)40-27(11-18-14-36-24-7-3-1-5-21(18)24)32(46)41-28(33(47)48)12-19-15-37-25-8-4-2-6-22(19)25/h1-8,14-17,23,26-28,36-37H,9-13,34H2,(H,35,38)(H,39,44)(H,40,45)(H,41,46)(H,42,43)(H,47,48). The van der Waals surface area contributed by atoms with Crippen LogP contribution in [0, 0.1) is 0 Å². The van der Waals surface area contributed by atoms with Gasteiger partial charge in [0, 0.05) is 71.8 Å². The first kappa shape index (κ1) is 33.4. The number of aromatic nitrogens is 4. The number of hydrogen-bond donors (Lipinski definition) is 9. The Labute approximate surface area is 273 Å². The summed E-state index contributed by atoms with van der Waals surface area (Å²) in [5.74, 6) is -4.79. The van der Waals surface area contributed by atoms with E-state index in [1.807, 2.05) is 48.5 Å². The number of nitrogens with one attached hydrogen (secondary N) is 6. The van der Waals surface area contributed by atoms with Crippen molar-refractivity contribution in [1.82, 2.24) is 35.9 Å². The fourth-order valence-electron chi connectivity index (χ4n) is 5.54. The normalized spacial score (nSPS) is 13.8. The highest BCUT2D eigenvalue weighted by Gasteiger charge is 2.32. The molecular weight excluding hydrogens is 620 g/mol. The van der Waals surface area contributed by atoms with Crippen LogP contribution < -0.4 is 21.7 Å². The second-order valence-corrected chi connectivity index (χ2v) is 11.5. The molecule has 5 aromatic rings. The van der Waals surface area contributed by atoms with Crippen LogP contribution in [0.5, 0.6) is 0 Å². The second kappa shape index (κ2) is 15.1. The number of imidazole rings is 1. The van der Waals surface area contributed by atoms with Gasteiger partial charge in [-0.1, -0.05) is 36.4 Å². The number of carboxylic acid groups (broad SMARTS) is 2. The molecule has 4 unspecified atom stereocenters. The minimum atomic E-state index is -1.36. The van der Waals surface area contributed by atoms with Gasteiger partial charge in [-0.3, -0.25) is 19.2 Å². The molecule has 0 spiro atoms. The van der Waals surface area contributed by atoms with Gasteiger partial charge in [-0.2, -0.15) is 0 Å². The summed E-state index contributed by atoms with van der Waals surface area (Å²) in [6, 6.07) is 9.61. The van der Waals surface area contributed by atoms with Gasteiger partial charge in [-0.25, -0.2) is 9.78 Å². The molecule has 0 aliphatic carbocycles. The highest BCUT2D eigenvalue weighted by Crippen LogP contribution is 2.21. The Kier molecular flexibility index (Phi) is 10.5. The van der Waals surface area contributed by atoms with Crippen molar-refractivity contribution in [3.05, 3.63) is 90.3 Å². The summed E-state index contributed by atoms with van der Waals surface area (Å²) in [6.45, 7) is 0. The lowest BCUT2D eigenvalue weighted by atomic mass is 10.0. The molecular formula is C33H36N8O7. The fourth-order valence-corrected chi connectivity index (χ4v) is 5.54. The molecule has 10 N–H and O–H groups in total. The fraction of sp³-hybridized carbons (Fsp3) is 0.273. The molecule has 0 fully saturated rings. The number of aliphatic carboxylic acids is 2. The minimum absolute atomic E-state index is 0.0373. The van der Waals surface area contributed by atoms with Gasteiger partial charge in [0.25, 0.3) is 0 Å². The third-order valence-electron chi connectivity index (χ3n) is 8.06. The number of nitrogens with zero attached hydrogens (tertiary/aromatic N) is 1. The first-order chi connectivity index (χ1) is 23.1. The van der Waals surface area contributed by atoms with E-state index in [4.69, 9.17) is 5.73 Å². The summed E-state index contributed by atoms with van der Waals surface area (Å²) >= 11 is 0. The average molecular weight is 657 g/mol. The van der Waals surface area contributed by atoms with E-state index in [1.165, 1.54) is 12.5 Å². The van der Waals surface area contributed by atoms with Crippen molar-refractivity contribution in [3.8, 4) is 0 Å². The Morgan fingerprint density at radius 3 is 1.81 bits per heavy atom. The van der Waals surface area contributed by atoms with Crippen LogP contribution in [0.2, 0.25) is 0 Å². The van der Waals surface area contributed by atoms with Gasteiger partial charge in [-0.15, -0.1) is 0 Å². The van der Waals surface area contributed by atoms with Crippen LogP contribution in [0.3, 0.4) is 0 Å². The monoisotopic (exact) mass is 656 g/mol. The topological polar surface area (TPSA) is 248 Å². The minimum Gasteiger partial charge on any atom is -0.481 e. The van der Waals surface area contributed by atoms with E-state index in [2.05, 4.69) is 35.9 Å². The van der Waals surface area contributed by atoms with Crippen molar-refractivity contribution < 1.29 is 34.2 Å². The quantitative estimate of drug-likeness (QED) is 0.0737. The zero-order valence-corrected chi connectivity index (χ0v) is 25.7. The van der Waals surface area contributed by atoms with Crippen molar-refractivity contribution in [3.63, 3.8) is 0 Å². The van der Waals surface area contributed by atoms with E-state index in [9.17, 15) is 34.2 Å². The Balaban J connectivity index is 1.37. The van der Waals surface area contributed by atoms with E-state index in [-0.39, 0.29) is 25.7 Å². The maximum Gasteiger partial charge on any atom is 0.326 e. The van der Waals surface area contributed by atoms with Gasteiger partial charge in [0.15, 0.2) is 0 Å². The van der Waals surface area contributed by atoms with Crippen LogP contribution in [-0.4, -0.2) is 84.0 Å². The third kappa shape index (κ3) is 8.24. The first-order valence-corrected chi connectivity index (χ1v) is 15.3. The molecule has 3 amide bonds. The van der Waals surface area contributed by atoms with Crippen LogP contribution in [0.4, 0.5) is 0 Å². The predicted molar refractivity (Wildman–Crippen MR) is 175 cm³/mol. The SMILES string of the molecule is NC(Cc1cnc[nH]1)C(=O)NC(CCC(=O)O)C(=O)NC(Cc1c[nH]c2ccccc12)C(=O)NC(Cc1c[nH]c2ccccc12)C(=O)O. The van der Waals surface area contributed by atoms with Crippen LogP contribution in [0.15, 0.2) is 73.4 Å². The lowest BCUT2D eigenvalue weighted by Crippen LogP contribution is -2.58. The van der Waals surface area contributed by atoms with E-state index >= 15 is 0 Å². The lowest BCUT2D eigenvalue weighted by Gasteiger charge is -2.25. The molecule has 5 rings (SSSR count). The highest BCUT2D eigenvalue weighted by molar-refractivity contribution is 5.95. The molecule has 48 heavy (non-hydrogen) atoms. The summed E-state index contributed by atoms with van der Waals surface area (Å²) in [7, 11) is 0. The number of hydrogen-bond acceptors (Lipinski definition) is 7. The largest absolute Gasteiger partial charge is 0.481 e. The highest BCUT2D eigenvalue weighted by atomic mass is 16.4. The summed E-state index contributed by atoms with van der Waals surface area (Å²) in [6.07, 6.45) is 5.56. The van der Waals surface area contributed by atoms with E-state index in [1.54, 1.807) is 12.4 Å². The maximum absolute atomic E-state index is 13.8. The van der Waals surface area contributed by atoms with Gasteiger partial charge in [-0.05, 0) is 29.7 Å². The van der Waals surface area contributed by atoms with Gasteiger partial charge >= 0.3 is 11.9 Å². The average Bonchev–Trinajstić information content (AvgIpc) is 3.83. The molecule has 0 saturated carbocycles. The molecule has 0 bridgehead atoms. The Morgan fingerprint density at radius 1 is 0.708 bits per heavy atom. The van der Waals surface area contributed by atoms with Crippen molar-refractivity contribution >= 4 is 51.5 Å². The molecule has 15 heteroatoms. The Hall–Kier alpha value is -5.96. The summed E-state index contributed by atoms with van der Waals surface area (Å²) in [5, 5.41) is 28.7. The molecule has 250 valence electrons. The molecule has 0 aliphatic heterocycles. The van der Waals surface area contributed by atoms with Gasteiger partial charge < -0.3 is 46.8 Å². The van der Waals surface area contributed by atoms with E-state index < -0.39 is 60.2 Å². The number of para-hydroxylation sites is 2. The number of carbonyl (C=O) groups is 5. The maximum atomic E-state index is 13.8. The Bertz CT molecular complexity index is 1910. The number of aromatic amines is 3. The predicted octanol–water partition coefficient (Wildman–Crippen LogP) is 1.13. The first-order valence-electron chi connectivity index (χ1n) is 15.3. The van der Waals surface area contributed by atoms with E-state index in [0.717, 1.165) is 21.8 Å². The Morgan fingerprint density at radius 2 is 1.25 bits per heavy atom. The van der Waals surface area contributed by atoms with Crippen molar-refractivity contribution in [1.29, 1.82) is 0 Å². The van der Waals surface area contributed by atoms with Gasteiger partial charge in [0.05, 0.1) is 12.4 Å². The zero-order chi connectivity index (χ0) is 34.2. The van der Waals surface area contributed by atoms with Crippen molar-refractivity contribution in [2.24, 2.45) is 5.73 Å². The summed E-state index contributed by atoms with van der Waals surface area (Å²) in [4.78, 5) is 77.2. The number of carboxylic acids is 2.